The van der Waals surface area contributed by atoms with Gasteiger partial charge in [-0.2, -0.15) is 0 Å². The Bertz CT molecular complexity index is 906. The molecule has 3 rings (SSSR count). The number of nitrogens with one attached hydrogen (secondary N) is 4. The molecule has 0 aromatic heterocycles. The number of benzene rings is 2. The first-order chi connectivity index (χ1) is 14.5. The highest BCUT2D eigenvalue weighted by Crippen LogP contribution is 2.21. The van der Waals surface area contributed by atoms with Crippen LogP contribution in [-0.2, 0) is 0 Å². The quantitative estimate of drug-likeness (QED) is 0.566. The predicted molar refractivity (Wildman–Crippen MR) is 120 cm³/mol. The molecule has 2 aromatic carbocycles. The molecule has 0 radical (unpaired) electrons. The molecule has 2 aromatic rings. The summed E-state index contributed by atoms with van der Waals surface area (Å²) in [5, 5.41) is 12.1. The molecule has 158 valence electrons. The molecule has 0 saturated heterocycles. The maximum absolute atomic E-state index is 12.5. The van der Waals surface area contributed by atoms with E-state index in [0.29, 0.717) is 29.5 Å². The summed E-state index contributed by atoms with van der Waals surface area (Å²) in [6.45, 7) is 6.44. The van der Waals surface area contributed by atoms with Crippen LogP contribution in [0.5, 0.6) is 0 Å². The molecule has 2 amide bonds. The molecule has 1 aliphatic heterocycles. The average Bonchev–Trinajstić information content (AvgIpc) is 2.75. The minimum absolute atomic E-state index is 0.101. The van der Waals surface area contributed by atoms with Crippen LogP contribution in [0.1, 0.15) is 47.4 Å². The zero-order chi connectivity index (χ0) is 21.3. The van der Waals surface area contributed by atoms with Gasteiger partial charge in [0.05, 0.1) is 11.3 Å². The van der Waals surface area contributed by atoms with Crippen molar-refractivity contribution in [2.75, 3.05) is 25.0 Å². The molecule has 0 fully saturated rings. The summed E-state index contributed by atoms with van der Waals surface area (Å²) in [6.07, 6.45) is 1.91. The number of guanidine groups is 1. The number of nitrogens with zero attached hydrogens (tertiary/aromatic N) is 1. The first-order valence-electron chi connectivity index (χ1n) is 10.4. The zero-order valence-corrected chi connectivity index (χ0v) is 17.5. The van der Waals surface area contributed by atoms with Crippen LogP contribution in [0.3, 0.4) is 0 Å². The van der Waals surface area contributed by atoms with Crippen molar-refractivity contribution in [1.82, 2.24) is 16.0 Å². The molecule has 0 bridgehead atoms. The fourth-order valence-corrected chi connectivity index (χ4v) is 3.02. The summed E-state index contributed by atoms with van der Waals surface area (Å²) >= 11 is 0. The summed E-state index contributed by atoms with van der Waals surface area (Å²) in [7, 11) is 0. The largest absolute Gasteiger partial charge is 0.356 e. The van der Waals surface area contributed by atoms with Crippen LogP contribution < -0.4 is 21.3 Å². The highest BCUT2D eigenvalue weighted by Gasteiger charge is 2.13. The van der Waals surface area contributed by atoms with E-state index in [-0.39, 0.29) is 11.8 Å². The van der Waals surface area contributed by atoms with E-state index in [4.69, 9.17) is 0 Å². The summed E-state index contributed by atoms with van der Waals surface area (Å²) in [5.74, 6) is 0.747. The van der Waals surface area contributed by atoms with E-state index < -0.39 is 0 Å². The lowest BCUT2D eigenvalue weighted by atomic mass is 10.1. The summed E-state index contributed by atoms with van der Waals surface area (Å²) in [4.78, 5) is 29.2. The highest BCUT2D eigenvalue weighted by molar-refractivity contribution is 6.06. The molecule has 1 heterocycles. The third kappa shape index (κ3) is 6.07. The highest BCUT2D eigenvalue weighted by atomic mass is 16.2. The van der Waals surface area contributed by atoms with Gasteiger partial charge in [-0.15, -0.1) is 0 Å². The van der Waals surface area contributed by atoms with Crippen LogP contribution in [0.2, 0.25) is 0 Å². The number of carbonyl (C=O) groups excluding carboxylic acids is 2. The molecule has 7 nitrogen and oxygen atoms in total. The monoisotopic (exact) mass is 407 g/mol. The number of rotatable bonds is 7. The van der Waals surface area contributed by atoms with Crippen molar-refractivity contribution in [3.05, 3.63) is 59.7 Å². The van der Waals surface area contributed by atoms with Gasteiger partial charge in [0.15, 0.2) is 5.96 Å². The van der Waals surface area contributed by atoms with Gasteiger partial charge in [-0.05, 0) is 55.2 Å². The lowest BCUT2D eigenvalue weighted by Crippen LogP contribution is -2.43. The minimum Gasteiger partial charge on any atom is -0.356 e. The Morgan fingerprint density at radius 2 is 1.83 bits per heavy atom. The van der Waals surface area contributed by atoms with Gasteiger partial charge >= 0.3 is 0 Å². The van der Waals surface area contributed by atoms with E-state index in [2.05, 4.69) is 40.1 Å². The van der Waals surface area contributed by atoms with E-state index >= 15 is 0 Å². The second kappa shape index (κ2) is 10.4. The predicted octanol–water partition coefficient (Wildman–Crippen LogP) is 3.29. The van der Waals surface area contributed by atoms with Crippen molar-refractivity contribution in [2.24, 2.45) is 10.9 Å². The molecule has 30 heavy (non-hydrogen) atoms. The van der Waals surface area contributed by atoms with Crippen molar-refractivity contribution in [3.8, 4) is 0 Å². The van der Waals surface area contributed by atoms with E-state index in [9.17, 15) is 9.59 Å². The lowest BCUT2D eigenvalue weighted by Gasteiger charge is -2.15. The van der Waals surface area contributed by atoms with Crippen molar-refractivity contribution in [3.63, 3.8) is 0 Å². The Morgan fingerprint density at radius 1 is 1.07 bits per heavy atom. The van der Waals surface area contributed by atoms with Crippen LogP contribution in [0.25, 0.3) is 0 Å². The standard InChI is InChI=1S/C23H29N5O2/c1-16(2)12-15-24-22(30)19-6-3-4-7-20(19)27-18-10-8-17(9-11-18)21(29)28-23-25-13-5-14-26-23/h3-4,6-11,16,27H,5,12-15H2,1-2H3,(H,24,30)(H2,25,26,28,29). The van der Waals surface area contributed by atoms with E-state index in [1.807, 2.05) is 30.3 Å². The van der Waals surface area contributed by atoms with E-state index in [1.165, 1.54) is 0 Å². The number of hydrogen-bond acceptors (Lipinski definition) is 5. The van der Waals surface area contributed by atoms with Gasteiger partial charge in [0.25, 0.3) is 11.8 Å². The first-order valence-corrected chi connectivity index (χ1v) is 10.4. The van der Waals surface area contributed by atoms with Gasteiger partial charge in [0.2, 0.25) is 0 Å². The molecular weight excluding hydrogens is 378 g/mol. The number of carbonyl (C=O) groups is 2. The smallest absolute Gasteiger partial charge is 0.257 e. The van der Waals surface area contributed by atoms with E-state index in [0.717, 1.165) is 37.3 Å². The average molecular weight is 408 g/mol. The van der Waals surface area contributed by atoms with Crippen LogP contribution in [0.15, 0.2) is 53.5 Å². The Balaban J connectivity index is 1.63. The Hall–Kier alpha value is -3.35. The molecule has 0 aliphatic carbocycles. The SMILES string of the molecule is CC(C)CCNC(=O)c1ccccc1Nc1ccc(C(=O)NC2=NCCCN2)cc1. The maximum atomic E-state index is 12.5. The maximum Gasteiger partial charge on any atom is 0.257 e. The van der Waals surface area contributed by atoms with Gasteiger partial charge in [0.1, 0.15) is 0 Å². The van der Waals surface area contributed by atoms with Gasteiger partial charge in [-0.25, -0.2) is 0 Å². The third-order valence-electron chi connectivity index (χ3n) is 4.73. The zero-order valence-electron chi connectivity index (χ0n) is 17.5. The Morgan fingerprint density at radius 3 is 2.53 bits per heavy atom. The van der Waals surface area contributed by atoms with Gasteiger partial charge < -0.3 is 16.0 Å². The Kier molecular flexibility index (Phi) is 7.43. The van der Waals surface area contributed by atoms with Crippen LogP contribution in [-0.4, -0.2) is 37.4 Å². The summed E-state index contributed by atoms with van der Waals surface area (Å²) < 4.78 is 0. The number of aliphatic imine (C=N–C) groups is 1. The molecule has 1 aliphatic rings. The number of anilines is 2. The van der Waals surface area contributed by atoms with Gasteiger partial charge in [0, 0.05) is 30.9 Å². The molecule has 0 unspecified atom stereocenters. The molecular formula is C23H29N5O2. The fraction of sp³-hybridized carbons (Fsp3) is 0.348. The van der Waals surface area contributed by atoms with Gasteiger partial charge in [-0.3, -0.25) is 19.9 Å². The first kappa shape index (κ1) is 21.4. The van der Waals surface area contributed by atoms with E-state index in [1.54, 1.807) is 18.2 Å². The second-order valence-corrected chi connectivity index (χ2v) is 7.65. The Labute approximate surface area is 177 Å². The molecule has 4 N–H and O–H groups in total. The number of para-hydroxylation sites is 1. The van der Waals surface area contributed by atoms with Gasteiger partial charge in [-0.1, -0.05) is 26.0 Å². The molecule has 0 saturated carbocycles. The van der Waals surface area contributed by atoms with Crippen molar-refractivity contribution in [2.45, 2.75) is 26.7 Å². The van der Waals surface area contributed by atoms with Crippen LogP contribution in [0.4, 0.5) is 11.4 Å². The van der Waals surface area contributed by atoms with Crippen LogP contribution >= 0.6 is 0 Å². The molecule has 0 spiro atoms. The second-order valence-electron chi connectivity index (χ2n) is 7.65. The third-order valence-corrected chi connectivity index (χ3v) is 4.73. The number of hydrogen-bond donors (Lipinski definition) is 4. The van der Waals surface area contributed by atoms with Crippen molar-refractivity contribution >= 4 is 29.1 Å². The minimum atomic E-state index is -0.209. The van der Waals surface area contributed by atoms with Crippen molar-refractivity contribution in [1.29, 1.82) is 0 Å². The molecule has 7 heteroatoms. The lowest BCUT2D eigenvalue weighted by molar-refractivity contribution is 0.0950. The topological polar surface area (TPSA) is 94.6 Å². The molecule has 0 atom stereocenters. The normalized spacial score (nSPS) is 13.2. The summed E-state index contributed by atoms with van der Waals surface area (Å²) in [5.41, 5.74) is 2.64. The van der Waals surface area contributed by atoms with Crippen molar-refractivity contribution < 1.29 is 9.59 Å². The fourth-order valence-electron chi connectivity index (χ4n) is 3.02. The van der Waals surface area contributed by atoms with Crippen LogP contribution in [0, 0.1) is 5.92 Å². The number of amides is 2. The summed E-state index contributed by atoms with van der Waals surface area (Å²) in [6, 6.07) is 14.5.